The molecular formula is C18H18N4. The SMILES string of the molecule is CCCn1c2ccccc2c2cc(/C(N)=C(/N)C#N)ccc21. The Labute approximate surface area is 129 Å². The Morgan fingerprint density at radius 1 is 1.09 bits per heavy atom. The summed E-state index contributed by atoms with van der Waals surface area (Å²) < 4.78 is 2.32. The van der Waals surface area contributed by atoms with Crippen LogP contribution in [0.15, 0.2) is 48.2 Å². The number of para-hydroxylation sites is 1. The maximum Gasteiger partial charge on any atom is 0.134 e. The molecule has 0 aliphatic carbocycles. The van der Waals surface area contributed by atoms with Gasteiger partial charge in [-0.2, -0.15) is 5.26 Å². The van der Waals surface area contributed by atoms with Crippen molar-refractivity contribution in [2.24, 2.45) is 11.5 Å². The maximum absolute atomic E-state index is 8.91. The molecule has 2 aromatic carbocycles. The van der Waals surface area contributed by atoms with E-state index in [-0.39, 0.29) is 5.70 Å². The van der Waals surface area contributed by atoms with Crippen molar-refractivity contribution < 1.29 is 0 Å². The van der Waals surface area contributed by atoms with Crippen molar-refractivity contribution in [1.82, 2.24) is 4.57 Å². The van der Waals surface area contributed by atoms with Gasteiger partial charge in [-0.15, -0.1) is 0 Å². The van der Waals surface area contributed by atoms with Crippen LogP contribution in [0.25, 0.3) is 27.5 Å². The van der Waals surface area contributed by atoms with Crippen LogP contribution in [0.4, 0.5) is 0 Å². The Morgan fingerprint density at radius 2 is 1.82 bits per heavy atom. The van der Waals surface area contributed by atoms with Crippen molar-refractivity contribution in [2.45, 2.75) is 19.9 Å². The molecule has 0 amide bonds. The van der Waals surface area contributed by atoms with Gasteiger partial charge in [-0.1, -0.05) is 31.2 Å². The minimum Gasteiger partial charge on any atom is -0.396 e. The van der Waals surface area contributed by atoms with Crippen molar-refractivity contribution in [2.75, 3.05) is 0 Å². The summed E-state index contributed by atoms with van der Waals surface area (Å²) in [5.41, 5.74) is 15.2. The maximum atomic E-state index is 8.91. The van der Waals surface area contributed by atoms with Crippen LogP contribution in [-0.2, 0) is 6.54 Å². The van der Waals surface area contributed by atoms with E-state index in [1.54, 1.807) is 0 Å². The number of allylic oxidation sites excluding steroid dienone is 1. The van der Waals surface area contributed by atoms with E-state index < -0.39 is 0 Å². The fourth-order valence-corrected chi connectivity index (χ4v) is 2.90. The largest absolute Gasteiger partial charge is 0.396 e. The van der Waals surface area contributed by atoms with E-state index in [0.29, 0.717) is 5.70 Å². The van der Waals surface area contributed by atoms with Gasteiger partial charge in [-0.25, -0.2) is 0 Å². The second kappa shape index (κ2) is 5.45. The molecule has 0 aliphatic rings. The second-order valence-corrected chi connectivity index (χ2v) is 5.34. The van der Waals surface area contributed by atoms with Gasteiger partial charge in [-0.3, -0.25) is 0 Å². The van der Waals surface area contributed by atoms with Gasteiger partial charge in [0.1, 0.15) is 11.8 Å². The number of hydrogen-bond acceptors (Lipinski definition) is 3. The van der Waals surface area contributed by atoms with Crippen LogP contribution in [0, 0.1) is 11.3 Å². The lowest BCUT2D eigenvalue weighted by molar-refractivity contribution is 0.724. The summed E-state index contributed by atoms with van der Waals surface area (Å²) in [6.07, 6.45) is 1.07. The average Bonchev–Trinajstić information content (AvgIpc) is 2.87. The zero-order valence-corrected chi connectivity index (χ0v) is 12.5. The van der Waals surface area contributed by atoms with Crippen LogP contribution in [-0.4, -0.2) is 4.57 Å². The van der Waals surface area contributed by atoms with Gasteiger partial charge in [0.15, 0.2) is 0 Å². The van der Waals surface area contributed by atoms with E-state index >= 15 is 0 Å². The third-order valence-electron chi connectivity index (χ3n) is 3.94. The first-order chi connectivity index (χ1) is 10.7. The van der Waals surface area contributed by atoms with E-state index in [4.69, 9.17) is 16.7 Å². The predicted molar refractivity (Wildman–Crippen MR) is 90.6 cm³/mol. The quantitative estimate of drug-likeness (QED) is 0.726. The highest BCUT2D eigenvalue weighted by Gasteiger charge is 2.11. The highest BCUT2D eigenvalue weighted by Crippen LogP contribution is 2.31. The Balaban J connectivity index is 2.34. The highest BCUT2D eigenvalue weighted by atomic mass is 15.0. The van der Waals surface area contributed by atoms with Crippen LogP contribution in [0.3, 0.4) is 0 Å². The Bertz CT molecular complexity index is 925. The number of nitrogens with two attached hydrogens (primary N) is 2. The van der Waals surface area contributed by atoms with Gasteiger partial charge in [0.2, 0.25) is 0 Å². The van der Waals surface area contributed by atoms with Gasteiger partial charge >= 0.3 is 0 Å². The summed E-state index contributed by atoms with van der Waals surface area (Å²) >= 11 is 0. The topological polar surface area (TPSA) is 80.8 Å². The molecule has 22 heavy (non-hydrogen) atoms. The van der Waals surface area contributed by atoms with Crippen molar-refractivity contribution in [1.29, 1.82) is 5.26 Å². The van der Waals surface area contributed by atoms with Gasteiger partial charge in [0.05, 0.1) is 5.70 Å². The first kappa shape index (κ1) is 14.0. The molecule has 4 nitrogen and oxygen atoms in total. The fraction of sp³-hybridized carbons (Fsp3) is 0.167. The second-order valence-electron chi connectivity index (χ2n) is 5.34. The third kappa shape index (κ3) is 2.08. The van der Waals surface area contributed by atoms with E-state index in [1.165, 1.54) is 16.4 Å². The zero-order chi connectivity index (χ0) is 15.7. The zero-order valence-electron chi connectivity index (χ0n) is 12.5. The monoisotopic (exact) mass is 290 g/mol. The Kier molecular flexibility index (Phi) is 3.48. The summed E-state index contributed by atoms with van der Waals surface area (Å²) in [5.74, 6) is 0. The molecule has 1 heterocycles. The molecule has 0 aliphatic heterocycles. The van der Waals surface area contributed by atoms with Crippen LogP contribution in [0.2, 0.25) is 0 Å². The standard InChI is InChI=1S/C18H18N4/c1-2-9-22-16-6-4-3-5-13(16)14-10-12(7-8-17(14)22)18(21)15(20)11-19/h3-8,10H,2,9,20-21H2,1H3/b18-15-. The van der Waals surface area contributed by atoms with E-state index in [0.717, 1.165) is 23.9 Å². The molecule has 0 spiro atoms. The molecule has 3 rings (SSSR count). The molecule has 4 N–H and O–H groups in total. The Hall–Kier alpha value is -2.93. The molecular weight excluding hydrogens is 272 g/mol. The average molecular weight is 290 g/mol. The van der Waals surface area contributed by atoms with Gasteiger partial charge in [0, 0.05) is 33.9 Å². The molecule has 0 bridgehead atoms. The van der Waals surface area contributed by atoms with Crippen LogP contribution < -0.4 is 11.5 Å². The van der Waals surface area contributed by atoms with Gasteiger partial charge < -0.3 is 16.0 Å². The van der Waals surface area contributed by atoms with Gasteiger partial charge in [0.25, 0.3) is 0 Å². The molecule has 0 unspecified atom stereocenters. The van der Waals surface area contributed by atoms with E-state index in [2.05, 4.69) is 35.8 Å². The number of fused-ring (bicyclic) bond motifs is 3. The number of nitriles is 1. The molecule has 0 atom stereocenters. The number of benzene rings is 2. The molecule has 0 saturated carbocycles. The molecule has 0 fully saturated rings. The summed E-state index contributed by atoms with van der Waals surface area (Å²) in [6, 6.07) is 16.2. The summed E-state index contributed by atoms with van der Waals surface area (Å²) in [5, 5.41) is 11.2. The normalized spacial score (nSPS) is 12.4. The number of rotatable bonds is 3. The Morgan fingerprint density at radius 3 is 2.55 bits per heavy atom. The smallest absolute Gasteiger partial charge is 0.134 e. The summed E-state index contributed by atoms with van der Waals surface area (Å²) in [6.45, 7) is 3.14. The van der Waals surface area contributed by atoms with Crippen molar-refractivity contribution in [3.8, 4) is 6.07 Å². The number of aromatic nitrogens is 1. The number of aryl methyl sites for hydroxylation is 1. The molecule has 3 aromatic rings. The lowest BCUT2D eigenvalue weighted by Crippen LogP contribution is -2.07. The van der Waals surface area contributed by atoms with Crippen LogP contribution in [0.1, 0.15) is 18.9 Å². The molecule has 1 aromatic heterocycles. The minimum absolute atomic E-state index is 0.0525. The first-order valence-electron chi connectivity index (χ1n) is 7.34. The molecule has 0 radical (unpaired) electrons. The van der Waals surface area contributed by atoms with Crippen LogP contribution in [0.5, 0.6) is 0 Å². The summed E-state index contributed by atoms with van der Waals surface area (Å²) in [4.78, 5) is 0. The van der Waals surface area contributed by atoms with Crippen molar-refractivity contribution in [3.05, 3.63) is 53.7 Å². The lowest BCUT2D eigenvalue weighted by Gasteiger charge is -2.06. The summed E-state index contributed by atoms with van der Waals surface area (Å²) in [7, 11) is 0. The van der Waals surface area contributed by atoms with Gasteiger partial charge in [-0.05, 0) is 24.6 Å². The molecule has 4 heteroatoms. The van der Waals surface area contributed by atoms with Crippen molar-refractivity contribution >= 4 is 27.5 Å². The number of nitrogens with zero attached hydrogens (tertiary/aromatic N) is 2. The van der Waals surface area contributed by atoms with Crippen molar-refractivity contribution in [3.63, 3.8) is 0 Å². The number of hydrogen-bond donors (Lipinski definition) is 2. The highest BCUT2D eigenvalue weighted by molar-refractivity contribution is 6.08. The lowest BCUT2D eigenvalue weighted by atomic mass is 10.1. The molecule has 110 valence electrons. The predicted octanol–water partition coefficient (Wildman–Crippen LogP) is 3.31. The first-order valence-corrected chi connectivity index (χ1v) is 7.34. The van der Waals surface area contributed by atoms with E-state index in [1.807, 2.05) is 24.3 Å². The third-order valence-corrected chi connectivity index (χ3v) is 3.94. The molecule has 0 saturated heterocycles. The fourth-order valence-electron chi connectivity index (χ4n) is 2.90. The van der Waals surface area contributed by atoms with Crippen LogP contribution >= 0.6 is 0 Å². The minimum atomic E-state index is 0.0525. The van der Waals surface area contributed by atoms with E-state index in [9.17, 15) is 0 Å².